The first kappa shape index (κ1) is 45.7. The molecule has 2 aliphatic heterocycles. The van der Waals surface area contributed by atoms with Crippen molar-refractivity contribution in [2.75, 3.05) is 26.4 Å². The maximum absolute atomic E-state index is 4.94. The summed E-state index contributed by atoms with van der Waals surface area (Å²) in [5.41, 5.74) is 6.48. The van der Waals surface area contributed by atoms with Crippen LogP contribution < -0.4 is 57.4 Å². The average molecular weight is 669 g/mol. The molecule has 0 unspecified atom stereocenters. The molecule has 0 amide bonds. The van der Waals surface area contributed by atoms with E-state index in [-0.39, 0.29) is 37.7 Å². The molecule has 0 aliphatic carbocycles. The first-order valence-electron chi connectivity index (χ1n) is 15.5. The van der Waals surface area contributed by atoms with Crippen LogP contribution in [-0.2, 0) is 9.47 Å². The van der Waals surface area contributed by atoms with Gasteiger partial charge >= 0.3 is 37.7 Å². The van der Waals surface area contributed by atoms with E-state index in [2.05, 4.69) is 106 Å². The van der Waals surface area contributed by atoms with Gasteiger partial charge in [-0.25, -0.2) is 19.7 Å². The summed E-state index contributed by atoms with van der Waals surface area (Å²) in [4.78, 5) is 7.10. The summed E-state index contributed by atoms with van der Waals surface area (Å²) < 4.78 is 9.89. The van der Waals surface area contributed by atoms with Crippen LogP contribution >= 0.6 is 16.4 Å². The third-order valence-electron chi connectivity index (χ3n) is 7.49. The fourth-order valence-corrected chi connectivity index (χ4v) is 19.6. The van der Waals surface area contributed by atoms with E-state index in [1.807, 2.05) is 0 Å². The van der Waals surface area contributed by atoms with Gasteiger partial charge in [0.05, 0.1) is 0 Å². The van der Waals surface area contributed by atoms with Crippen molar-refractivity contribution in [2.24, 2.45) is 0 Å². The van der Waals surface area contributed by atoms with Crippen LogP contribution in [-0.4, -0.2) is 58.7 Å². The number of hydrogen-bond donors (Lipinski definition) is 0. The Morgan fingerprint density at radius 1 is 0.381 bits per heavy atom. The van der Waals surface area contributed by atoms with Gasteiger partial charge in [-0.3, -0.25) is 0 Å². The van der Waals surface area contributed by atoms with Gasteiger partial charge in [0.1, 0.15) is 0 Å². The number of rotatable bonds is 4. The first-order chi connectivity index (χ1) is 18.1. The van der Waals surface area contributed by atoms with E-state index >= 15 is 0 Å². The van der Waals surface area contributed by atoms with Gasteiger partial charge < -0.3 is 25.9 Å². The van der Waals surface area contributed by atoms with Gasteiger partial charge in [-0.05, 0) is 53.4 Å². The molecule has 0 saturated carbocycles. The third kappa shape index (κ3) is 15.0. The normalized spacial score (nSPS) is 15.2. The molecule has 0 aromatic carbocycles. The van der Waals surface area contributed by atoms with Gasteiger partial charge in [0.2, 0.25) is 0 Å². The maximum Gasteiger partial charge on any atom is 1.00 e. The van der Waals surface area contributed by atoms with Crippen LogP contribution in [0.15, 0.2) is 0 Å². The summed E-state index contributed by atoms with van der Waals surface area (Å²) in [6, 6.07) is 0. The predicted octanol–water partition coefficient (Wildman–Crippen LogP) is 2.99. The van der Waals surface area contributed by atoms with Crippen LogP contribution in [0.4, 0.5) is 0 Å². The molecule has 42 heavy (non-hydrogen) atoms. The maximum atomic E-state index is 4.94. The number of ether oxygens (including phenoxy) is 2. The van der Waals surface area contributed by atoms with Crippen LogP contribution in [0.3, 0.4) is 0 Å². The molecule has 0 radical (unpaired) electrons. The van der Waals surface area contributed by atoms with Crippen molar-refractivity contribution >= 4 is 68.4 Å². The molecule has 4 heterocycles. The Labute approximate surface area is 294 Å². The van der Waals surface area contributed by atoms with Gasteiger partial charge in [0, 0.05) is 58.7 Å². The first-order valence-corrected chi connectivity index (χ1v) is 31.3. The molecule has 0 atom stereocenters. The summed E-state index contributed by atoms with van der Waals surface area (Å²) in [7, 11) is -1.25. The molecular formula is C32H64Li2O2P2Si4. The van der Waals surface area contributed by atoms with Crippen molar-refractivity contribution in [3.63, 3.8) is 0 Å². The molecule has 0 N–H and O–H groups in total. The fourth-order valence-electron chi connectivity index (χ4n) is 5.21. The van der Waals surface area contributed by atoms with Crippen LogP contribution in [0, 0.1) is 27.7 Å². The largest absolute Gasteiger partial charge is 1.00 e. The van der Waals surface area contributed by atoms with Crippen molar-refractivity contribution in [3.8, 4) is 0 Å². The zero-order valence-corrected chi connectivity index (χ0v) is 37.2. The third-order valence-corrected chi connectivity index (χ3v) is 26.3. The molecular weight excluding hydrogens is 605 g/mol. The van der Waals surface area contributed by atoms with E-state index in [9.17, 15) is 0 Å². The standard InChI is InChI=1S/2C12H24PSi2.2C4H8O.2Li/c2*1-9-10(2)12(15(6,7)8)13-11(9)14(3,4)5;2*1-2-4-5-3-1;;/h2*1-8H3;2*1-4H2;;/q2*-1;;;2*+1. The van der Waals surface area contributed by atoms with Crippen molar-refractivity contribution in [3.05, 3.63) is 22.3 Å². The smallest absolute Gasteiger partial charge is 0.532 e. The van der Waals surface area contributed by atoms with Crippen molar-refractivity contribution < 1.29 is 47.2 Å². The van der Waals surface area contributed by atoms with Crippen LogP contribution in [0.1, 0.15) is 47.9 Å². The van der Waals surface area contributed by atoms with Crippen molar-refractivity contribution in [2.45, 2.75) is 132 Å². The molecule has 2 nitrogen and oxygen atoms in total. The molecule has 4 rings (SSSR count). The molecule has 2 fully saturated rings. The second-order valence-corrected chi connectivity index (χ2v) is 39.7. The molecule has 2 aromatic rings. The summed E-state index contributed by atoms with van der Waals surface area (Å²) in [6.07, 6.45) is 5.11. The molecule has 0 spiro atoms. The topological polar surface area (TPSA) is 18.5 Å². The van der Waals surface area contributed by atoms with Crippen LogP contribution in [0.25, 0.3) is 0 Å². The second kappa shape index (κ2) is 19.4. The Hall–Kier alpha value is 1.54. The van der Waals surface area contributed by atoms with Gasteiger partial charge in [-0.15, -0.1) is 0 Å². The van der Waals surface area contributed by atoms with Gasteiger partial charge in [0.25, 0.3) is 0 Å². The van der Waals surface area contributed by atoms with Crippen LogP contribution in [0.2, 0.25) is 78.6 Å². The van der Waals surface area contributed by atoms with Crippen molar-refractivity contribution in [1.82, 2.24) is 0 Å². The summed E-state index contributed by atoms with van der Waals surface area (Å²) >= 11 is 0. The monoisotopic (exact) mass is 668 g/mol. The molecule has 2 aliphatic rings. The van der Waals surface area contributed by atoms with E-state index < -0.39 is 32.3 Å². The van der Waals surface area contributed by atoms with Crippen LogP contribution in [0.5, 0.6) is 0 Å². The van der Waals surface area contributed by atoms with Crippen molar-refractivity contribution in [1.29, 1.82) is 0 Å². The summed E-state index contributed by atoms with van der Waals surface area (Å²) in [6.45, 7) is 43.0. The predicted molar refractivity (Wildman–Crippen MR) is 200 cm³/mol. The molecule has 232 valence electrons. The fraction of sp³-hybridized carbons (Fsp3) is 0.750. The second-order valence-electron chi connectivity index (χ2n) is 15.8. The minimum absolute atomic E-state index is 0. The Morgan fingerprint density at radius 3 is 0.619 bits per heavy atom. The zero-order valence-electron chi connectivity index (χ0n) is 31.4. The SMILES string of the molecule is C1CCOC1.C1CCOC1.Cc1c([Si](C)(C)C)[p-]c([Si](C)(C)C)c1C.Cc1c([Si](C)(C)C)[p-]c([Si](C)(C)C)c1C.[Li+].[Li+]. The van der Waals surface area contributed by atoms with E-state index in [1.165, 1.54) is 25.7 Å². The Kier molecular flexibility index (Phi) is 21.1. The summed E-state index contributed by atoms with van der Waals surface area (Å²) in [5, 5.41) is 0. The zero-order chi connectivity index (χ0) is 31.1. The molecule has 2 saturated heterocycles. The quantitative estimate of drug-likeness (QED) is 0.467. The Balaban J connectivity index is 0. The Morgan fingerprint density at radius 2 is 0.548 bits per heavy atom. The average Bonchev–Trinajstić information content (AvgIpc) is 3.59. The van der Waals surface area contributed by atoms with Gasteiger partial charge in [-0.2, -0.15) is 0 Å². The molecule has 0 bridgehead atoms. The minimum atomic E-state index is -1.10. The number of hydrogen-bond acceptors (Lipinski definition) is 2. The van der Waals surface area contributed by atoms with E-state index in [0.29, 0.717) is 0 Å². The van der Waals surface area contributed by atoms with E-state index in [4.69, 9.17) is 9.47 Å². The van der Waals surface area contributed by atoms with E-state index in [0.717, 1.165) is 26.4 Å². The molecule has 10 heteroatoms. The Bertz CT molecular complexity index is 881. The summed E-state index contributed by atoms with van der Waals surface area (Å²) in [5.74, 6) is 0. The van der Waals surface area contributed by atoms with E-state index in [1.54, 1.807) is 58.3 Å². The van der Waals surface area contributed by atoms with Gasteiger partial charge in [0.15, 0.2) is 0 Å². The minimum Gasteiger partial charge on any atom is -0.532 e. The molecule has 2 aromatic heterocycles. The van der Waals surface area contributed by atoms with Gasteiger partial charge in [-0.1, -0.05) is 101 Å².